The van der Waals surface area contributed by atoms with Gasteiger partial charge in [-0.3, -0.25) is 19.8 Å². The molecule has 0 bridgehead atoms. The lowest BCUT2D eigenvalue weighted by Crippen LogP contribution is -2.39. The molecule has 24 heavy (non-hydrogen) atoms. The van der Waals surface area contributed by atoms with Crippen LogP contribution in [-0.4, -0.2) is 53.8 Å². The van der Waals surface area contributed by atoms with Crippen molar-refractivity contribution < 1.29 is 9.66 Å². The standard InChI is InChI=1S/C16H20N4O4/c1-18-13-5-3-2-4-12(13)14(15(16(18)21)20(22)23)17-6-7-19-8-10-24-11-9-19/h2-5,17H,6-11H2,1H3. The number of hydrogen-bond donors (Lipinski definition) is 1. The van der Waals surface area contributed by atoms with Crippen LogP contribution in [0.5, 0.6) is 0 Å². The van der Waals surface area contributed by atoms with Crippen LogP contribution >= 0.6 is 0 Å². The van der Waals surface area contributed by atoms with Gasteiger partial charge in [-0.1, -0.05) is 18.2 Å². The smallest absolute Gasteiger partial charge is 0.357 e. The number of rotatable bonds is 5. The number of morpholine rings is 1. The predicted octanol–water partition coefficient (Wildman–Crippen LogP) is 1.19. The van der Waals surface area contributed by atoms with Gasteiger partial charge in [0.1, 0.15) is 5.69 Å². The van der Waals surface area contributed by atoms with Crippen molar-refractivity contribution >= 4 is 22.3 Å². The van der Waals surface area contributed by atoms with Gasteiger partial charge in [-0.25, -0.2) is 0 Å². The van der Waals surface area contributed by atoms with Gasteiger partial charge in [0, 0.05) is 38.6 Å². The quantitative estimate of drug-likeness (QED) is 0.653. The van der Waals surface area contributed by atoms with Gasteiger partial charge in [0.15, 0.2) is 0 Å². The zero-order valence-corrected chi connectivity index (χ0v) is 13.5. The van der Waals surface area contributed by atoms with E-state index in [1.165, 1.54) is 4.57 Å². The summed E-state index contributed by atoms with van der Waals surface area (Å²) in [6.07, 6.45) is 0. The van der Waals surface area contributed by atoms with Gasteiger partial charge in [-0.15, -0.1) is 0 Å². The third kappa shape index (κ3) is 3.10. The van der Waals surface area contributed by atoms with Crippen molar-refractivity contribution in [1.29, 1.82) is 0 Å². The first-order chi connectivity index (χ1) is 11.6. The second-order valence-electron chi connectivity index (χ2n) is 5.74. The molecule has 1 aromatic heterocycles. The van der Waals surface area contributed by atoms with E-state index >= 15 is 0 Å². The molecule has 1 aliphatic rings. The molecule has 3 rings (SSSR count). The Kier molecular flexibility index (Phi) is 4.77. The maximum absolute atomic E-state index is 12.4. The lowest BCUT2D eigenvalue weighted by atomic mass is 10.1. The summed E-state index contributed by atoms with van der Waals surface area (Å²) in [5.74, 6) is 0. The maximum Gasteiger partial charge on any atom is 0.357 e. The Hall–Kier alpha value is -2.45. The average molecular weight is 332 g/mol. The number of pyridine rings is 1. The number of hydrogen-bond acceptors (Lipinski definition) is 6. The highest BCUT2D eigenvalue weighted by Crippen LogP contribution is 2.29. The Labute approximate surface area is 138 Å². The van der Waals surface area contributed by atoms with Crippen molar-refractivity contribution in [2.45, 2.75) is 0 Å². The van der Waals surface area contributed by atoms with Crippen LogP contribution in [0.4, 0.5) is 11.4 Å². The molecule has 0 spiro atoms. The molecule has 1 fully saturated rings. The minimum absolute atomic E-state index is 0.298. The normalized spacial score (nSPS) is 15.5. The van der Waals surface area contributed by atoms with E-state index in [0.717, 1.165) is 19.6 Å². The molecule has 1 aromatic carbocycles. The lowest BCUT2D eigenvalue weighted by Gasteiger charge is -2.26. The Morgan fingerprint density at radius 3 is 2.71 bits per heavy atom. The second kappa shape index (κ2) is 6.98. The molecule has 8 nitrogen and oxygen atoms in total. The molecule has 0 aliphatic carbocycles. The van der Waals surface area contributed by atoms with Gasteiger partial charge >= 0.3 is 11.2 Å². The van der Waals surface area contributed by atoms with Gasteiger partial charge in [0.05, 0.1) is 23.7 Å². The molecule has 8 heteroatoms. The topological polar surface area (TPSA) is 89.6 Å². The minimum atomic E-state index is -0.605. The van der Waals surface area contributed by atoms with Gasteiger partial charge < -0.3 is 14.6 Å². The number of fused-ring (bicyclic) bond motifs is 1. The van der Waals surface area contributed by atoms with Crippen LogP contribution in [0.15, 0.2) is 29.1 Å². The summed E-state index contributed by atoms with van der Waals surface area (Å²) < 4.78 is 6.63. The van der Waals surface area contributed by atoms with E-state index in [1.807, 2.05) is 12.1 Å². The Morgan fingerprint density at radius 2 is 2.00 bits per heavy atom. The number of nitrogens with zero attached hydrogens (tertiary/aromatic N) is 3. The fourth-order valence-corrected chi connectivity index (χ4v) is 2.99. The van der Waals surface area contributed by atoms with E-state index in [0.29, 0.717) is 36.3 Å². The summed E-state index contributed by atoms with van der Waals surface area (Å²) in [5.41, 5.74) is -0.0420. The summed E-state index contributed by atoms with van der Waals surface area (Å²) in [4.78, 5) is 25.4. The highest BCUT2D eigenvalue weighted by atomic mass is 16.6. The van der Waals surface area contributed by atoms with E-state index in [4.69, 9.17) is 4.74 Å². The van der Waals surface area contributed by atoms with Crippen LogP contribution < -0.4 is 10.9 Å². The first kappa shape index (κ1) is 16.4. The molecular formula is C16H20N4O4. The number of ether oxygens (including phenoxy) is 1. The summed E-state index contributed by atoms with van der Waals surface area (Å²) in [7, 11) is 1.55. The monoisotopic (exact) mass is 332 g/mol. The largest absolute Gasteiger partial charge is 0.379 e. The van der Waals surface area contributed by atoms with Crippen molar-refractivity contribution in [3.63, 3.8) is 0 Å². The third-order valence-electron chi connectivity index (χ3n) is 4.29. The molecule has 0 unspecified atom stereocenters. The molecule has 0 amide bonds. The Morgan fingerprint density at radius 1 is 1.29 bits per heavy atom. The molecule has 128 valence electrons. The third-order valence-corrected chi connectivity index (χ3v) is 4.29. The summed E-state index contributed by atoms with van der Waals surface area (Å²) in [6.45, 7) is 4.37. The molecule has 1 N–H and O–H groups in total. The number of para-hydroxylation sites is 1. The Balaban J connectivity index is 1.93. The first-order valence-corrected chi connectivity index (χ1v) is 7.89. The van der Waals surface area contributed by atoms with Crippen molar-refractivity contribution in [1.82, 2.24) is 9.47 Å². The van der Waals surface area contributed by atoms with Crippen molar-refractivity contribution in [2.75, 3.05) is 44.7 Å². The van der Waals surface area contributed by atoms with E-state index in [9.17, 15) is 14.9 Å². The highest BCUT2D eigenvalue weighted by Gasteiger charge is 2.24. The molecular weight excluding hydrogens is 312 g/mol. The van der Waals surface area contributed by atoms with Crippen molar-refractivity contribution in [3.05, 3.63) is 44.7 Å². The van der Waals surface area contributed by atoms with Crippen molar-refractivity contribution in [3.8, 4) is 0 Å². The summed E-state index contributed by atoms with van der Waals surface area (Å²) >= 11 is 0. The number of anilines is 1. The van der Waals surface area contributed by atoms with E-state index in [2.05, 4.69) is 10.2 Å². The number of aryl methyl sites for hydroxylation is 1. The number of nitrogens with one attached hydrogen (secondary N) is 1. The van der Waals surface area contributed by atoms with Crippen LogP contribution in [0, 0.1) is 10.1 Å². The van der Waals surface area contributed by atoms with E-state index in [1.54, 1.807) is 19.2 Å². The first-order valence-electron chi connectivity index (χ1n) is 7.89. The zero-order valence-electron chi connectivity index (χ0n) is 13.5. The molecule has 1 aliphatic heterocycles. The molecule has 0 radical (unpaired) electrons. The maximum atomic E-state index is 12.4. The van der Waals surface area contributed by atoms with E-state index in [-0.39, 0.29) is 0 Å². The molecule has 0 saturated carbocycles. The fraction of sp³-hybridized carbons (Fsp3) is 0.438. The number of nitro groups is 1. The molecule has 1 saturated heterocycles. The lowest BCUT2D eigenvalue weighted by molar-refractivity contribution is -0.385. The molecule has 2 heterocycles. The SMILES string of the molecule is Cn1c(=O)c([N+](=O)[O-])c(NCCN2CCOCC2)c2ccccc21. The van der Waals surface area contributed by atoms with Crippen LogP contribution in [0.2, 0.25) is 0 Å². The van der Waals surface area contributed by atoms with Gasteiger partial charge in [0.25, 0.3) is 0 Å². The molecule has 2 aromatic rings. The highest BCUT2D eigenvalue weighted by molar-refractivity contribution is 5.96. The zero-order chi connectivity index (χ0) is 17.1. The summed E-state index contributed by atoms with van der Waals surface area (Å²) in [6, 6.07) is 7.20. The van der Waals surface area contributed by atoms with Crippen LogP contribution in [0.1, 0.15) is 0 Å². The van der Waals surface area contributed by atoms with Gasteiger partial charge in [0.2, 0.25) is 0 Å². The van der Waals surface area contributed by atoms with Gasteiger partial charge in [-0.2, -0.15) is 0 Å². The van der Waals surface area contributed by atoms with Crippen LogP contribution in [0.25, 0.3) is 10.9 Å². The predicted molar refractivity (Wildman–Crippen MR) is 91.6 cm³/mol. The number of aromatic nitrogens is 1. The Bertz CT molecular complexity index is 812. The number of benzene rings is 1. The van der Waals surface area contributed by atoms with Gasteiger partial charge in [-0.05, 0) is 6.07 Å². The minimum Gasteiger partial charge on any atom is -0.379 e. The summed E-state index contributed by atoms with van der Waals surface area (Å²) in [5, 5.41) is 15.2. The van der Waals surface area contributed by atoms with Crippen LogP contribution in [0.3, 0.4) is 0 Å². The van der Waals surface area contributed by atoms with Crippen molar-refractivity contribution in [2.24, 2.45) is 7.05 Å². The van der Waals surface area contributed by atoms with Crippen LogP contribution in [-0.2, 0) is 11.8 Å². The van der Waals surface area contributed by atoms with E-state index < -0.39 is 16.2 Å². The fourth-order valence-electron chi connectivity index (χ4n) is 2.99. The second-order valence-corrected chi connectivity index (χ2v) is 5.74. The molecule has 0 atom stereocenters. The average Bonchev–Trinajstić information content (AvgIpc) is 2.60.